The third-order valence-corrected chi connectivity index (χ3v) is 4.25. The molecule has 2 rings (SSSR count). The van der Waals surface area contributed by atoms with E-state index in [1.54, 1.807) is 25.6 Å². The summed E-state index contributed by atoms with van der Waals surface area (Å²) in [6.07, 6.45) is -0.0831. The van der Waals surface area contributed by atoms with Crippen LogP contribution in [-0.2, 0) is 9.59 Å². The van der Waals surface area contributed by atoms with Crippen molar-refractivity contribution in [2.75, 3.05) is 5.75 Å². The van der Waals surface area contributed by atoms with Crippen molar-refractivity contribution in [3.63, 3.8) is 0 Å². The molecule has 2 N–H and O–H groups in total. The Kier molecular flexibility index (Phi) is 3.85. The molecule has 1 heterocycles. The van der Waals surface area contributed by atoms with E-state index in [1.165, 1.54) is 0 Å². The Morgan fingerprint density at radius 1 is 1.42 bits per heavy atom. The summed E-state index contributed by atoms with van der Waals surface area (Å²) in [5.74, 6) is -0.474. The van der Waals surface area contributed by atoms with Crippen LogP contribution in [0.2, 0.25) is 0 Å². The summed E-state index contributed by atoms with van der Waals surface area (Å²) >= 11 is 1.67. The standard InChI is InChI=1S/C14H17NO3S/c1-14(2,7-12(16)17)15-13(18)10-8-19-11-6-4-3-5-9(10)11/h3-6,10H,7-8H2,1-2H3,(H,15,18)(H,16,17). The molecule has 102 valence electrons. The van der Waals surface area contributed by atoms with Crippen LogP contribution < -0.4 is 5.32 Å². The van der Waals surface area contributed by atoms with E-state index in [-0.39, 0.29) is 18.2 Å². The smallest absolute Gasteiger partial charge is 0.305 e. The molecule has 0 aromatic heterocycles. The van der Waals surface area contributed by atoms with Gasteiger partial charge >= 0.3 is 5.97 Å². The first-order chi connectivity index (χ1) is 8.89. The first-order valence-electron chi connectivity index (χ1n) is 6.14. The number of hydrogen-bond donors (Lipinski definition) is 2. The molecule has 1 aliphatic heterocycles. The van der Waals surface area contributed by atoms with E-state index in [2.05, 4.69) is 5.32 Å². The highest BCUT2D eigenvalue weighted by molar-refractivity contribution is 7.99. The van der Waals surface area contributed by atoms with Crippen LogP contribution >= 0.6 is 11.8 Å². The van der Waals surface area contributed by atoms with Crippen LogP contribution in [0.4, 0.5) is 0 Å². The third kappa shape index (κ3) is 3.29. The maximum Gasteiger partial charge on any atom is 0.305 e. The number of amides is 1. The van der Waals surface area contributed by atoms with E-state index >= 15 is 0 Å². The van der Waals surface area contributed by atoms with E-state index in [0.29, 0.717) is 5.75 Å². The highest BCUT2D eigenvalue weighted by Crippen LogP contribution is 2.39. The Labute approximate surface area is 116 Å². The van der Waals surface area contributed by atoms with Crippen LogP contribution in [0.15, 0.2) is 29.2 Å². The molecule has 4 nitrogen and oxygen atoms in total. The fourth-order valence-corrected chi connectivity index (χ4v) is 3.45. The van der Waals surface area contributed by atoms with Crippen LogP contribution in [0.1, 0.15) is 31.7 Å². The van der Waals surface area contributed by atoms with Gasteiger partial charge in [0.2, 0.25) is 5.91 Å². The summed E-state index contributed by atoms with van der Waals surface area (Å²) in [5, 5.41) is 11.7. The molecule has 0 aliphatic carbocycles. The molecular weight excluding hydrogens is 262 g/mol. The molecule has 5 heteroatoms. The summed E-state index contributed by atoms with van der Waals surface area (Å²) in [5.41, 5.74) is 0.307. The predicted octanol–water partition coefficient (Wildman–Crippen LogP) is 2.25. The molecule has 0 spiro atoms. The summed E-state index contributed by atoms with van der Waals surface area (Å²) in [4.78, 5) is 24.2. The number of benzene rings is 1. The average molecular weight is 279 g/mol. The maximum atomic E-state index is 12.3. The van der Waals surface area contributed by atoms with Crippen molar-refractivity contribution in [1.29, 1.82) is 0 Å². The third-order valence-electron chi connectivity index (χ3n) is 3.07. The van der Waals surface area contributed by atoms with Gasteiger partial charge in [0.05, 0.1) is 12.3 Å². The zero-order valence-electron chi connectivity index (χ0n) is 11.0. The lowest BCUT2D eigenvalue weighted by Crippen LogP contribution is -2.46. The Bertz CT molecular complexity index is 513. The number of carbonyl (C=O) groups is 2. The lowest BCUT2D eigenvalue weighted by atomic mass is 9.96. The number of carboxylic acid groups (broad SMARTS) is 1. The summed E-state index contributed by atoms with van der Waals surface area (Å²) in [6, 6.07) is 7.85. The largest absolute Gasteiger partial charge is 0.481 e. The molecule has 0 bridgehead atoms. The molecule has 1 amide bonds. The monoisotopic (exact) mass is 279 g/mol. The molecular formula is C14H17NO3S. The molecule has 0 fully saturated rings. The number of rotatable bonds is 4. The van der Waals surface area contributed by atoms with E-state index in [0.717, 1.165) is 10.5 Å². The van der Waals surface area contributed by atoms with Gasteiger partial charge in [0, 0.05) is 16.2 Å². The Morgan fingerprint density at radius 2 is 2.11 bits per heavy atom. The van der Waals surface area contributed by atoms with E-state index < -0.39 is 11.5 Å². The van der Waals surface area contributed by atoms with Gasteiger partial charge in [-0.3, -0.25) is 9.59 Å². The first-order valence-corrected chi connectivity index (χ1v) is 7.13. The lowest BCUT2D eigenvalue weighted by Gasteiger charge is -2.26. The molecule has 1 aliphatic rings. The van der Waals surface area contributed by atoms with E-state index in [9.17, 15) is 9.59 Å². The van der Waals surface area contributed by atoms with Crippen LogP contribution in [0.5, 0.6) is 0 Å². The van der Waals surface area contributed by atoms with Crippen molar-refractivity contribution in [2.45, 2.75) is 36.6 Å². The van der Waals surface area contributed by atoms with E-state index in [4.69, 9.17) is 5.11 Å². The predicted molar refractivity (Wildman–Crippen MR) is 74.4 cm³/mol. The molecule has 1 unspecified atom stereocenters. The molecule has 1 atom stereocenters. The van der Waals surface area contributed by atoms with Gasteiger partial charge in [0.1, 0.15) is 0 Å². The Hall–Kier alpha value is -1.49. The zero-order valence-corrected chi connectivity index (χ0v) is 11.8. The van der Waals surface area contributed by atoms with Crippen molar-refractivity contribution in [3.05, 3.63) is 29.8 Å². The molecule has 1 aromatic carbocycles. The van der Waals surface area contributed by atoms with Gasteiger partial charge in [0.15, 0.2) is 0 Å². The van der Waals surface area contributed by atoms with Gasteiger partial charge in [0.25, 0.3) is 0 Å². The second kappa shape index (κ2) is 5.25. The Morgan fingerprint density at radius 3 is 2.79 bits per heavy atom. The van der Waals surface area contributed by atoms with Gasteiger partial charge < -0.3 is 10.4 Å². The van der Waals surface area contributed by atoms with Crippen molar-refractivity contribution in [1.82, 2.24) is 5.32 Å². The highest BCUT2D eigenvalue weighted by Gasteiger charge is 2.32. The average Bonchev–Trinajstić information content (AvgIpc) is 2.69. The van der Waals surface area contributed by atoms with Crippen LogP contribution in [-0.4, -0.2) is 28.3 Å². The van der Waals surface area contributed by atoms with Crippen LogP contribution in [0, 0.1) is 0 Å². The number of nitrogens with one attached hydrogen (secondary N) is 1. The highest BCUT2D eigenvalue weighted by atomic mass is 32.2. The Balaban J connectivity index is 2.08. The normalized spacial score (nSPS) is 17.9. The molecule has 0 saturated carbocycles. The number of hydrogen-bond acceptors (Lipinski definition) is 3. The summed E-state index contributed by atoms with van der Waals surface area (Å²) in [7, 11) is 0. The minimum Gasteiger partial charge on any atom is -0.481 e. The van der Waals surface area contributed by atoms with E-state index in [1.807, 2.05) is 24.3 Å². The number of aliphatic carboxylic acids is 1. The topological polar surface area (TPSA) is 66.4 Å². The van der Waals surface area contributed by atoms with Gasteiger partial charge in [-0.1, -0.05) is 18.2 Å². The molecule has 0 radical (unpaired) electrons. The summed E-state index contributed by atoms with van der Waals surface area (Å²) in [6.45, 7) is 3.46. The minimum absolute atomic E-state index is 0.0831. The zero-order chi connectivity index (χ0) is 14.0. The maximum absolute atomic E-state index is 12.3. The van der Waals surface area contributed by atoms with Crippen molar-refractivity contribution < 1.29 is 14.7 Å². The second-order valence-corrected chi connectivity index (χ2v) is 6.41. The van der Waals surface area contributed by atoms with Gasteiger partial charge in [-0.2, -0.15) is 0 Å². The molecule has 0 saturated heterocycles. The molecule has 1 aromatic rings. The SMILES string of the molecule is CC(C)(CC(=O)O)NC(=O)C1CSc2ccccc21. The first kappa shape index (κ1) is 13.9. The number of carboxylic acids is 1. The lowest BCUT2D eigenvalue weighted by molar-refractivity contribution is -0.138. The fraction of sp³-hybridized carbons (Fsp3) is 0.429. The van der Waals surface area contributed by atoms with Crippen LogP contribution in [0.25, 0.3) is 0 Å². The minimum atomic E-state index is -0.911. The van der Waals surface area contributed by atoms with Gasteiger partial charge in [-0.25, -0.2) is 0 Å². The second-order valence-electron chi connectivity index (χ2n) is 5.35. The van der Waals surface area contributed by atoms with Crippen molar-refractivity contribution in [2.24, 2.45) is 0 Å². The number of carbonyl (C=O) groups excluding carboxylic acids is 1. The van der Waals surface area contributed by atoms with Gasteiger partial charge in [-0.05, 0) is 25.5 Å². The summed E-state index contributed by atoms with van der Waals surface area (Å²) < 4.78 is 0. The van der Waals surface area contributed by atoms with Crippen molar-refractivity contribution in [3.8, 4) is 0 Å². The van der Waals surface area contributed by atoms with Gasteiger partial charge in [-0.15, -0.1) is 11.8 Å². The number of fused-ring (bicyclic) bond motifs is 1. The number of thioether (sulfide) groups is 1. The quantitative estimate of drug-likeness (QED) is 0.887. The molecule has 19 heavy (non-hydrogen) atoms. The fourth-order valence-electron chi connectivity index (χ4n) is 2.22. The van der Waals surface area contributed by atoms with Crippen molar-refractivity contribution >= 4 is 23.6 Å². The van der Waals surface area contributed by atoms with Crippen LogP contribution in [0.3, 0.4) is 0 Å².